The molecule has 1 aromatic carbocycles. The van der Waals surface area contributed by atoms with Gasteiger partial charge < -0.3 is 5.11 Å². The van der Waals surface area contributed by atoms with Crippen molar-refractivity contribution in [2.45, 2.75) is 44.5 Å². The lowest BCUT2D eigenvalue weighted by molar-refractivity contribution is -0.206. The molecule has 21 heavy (non-hydrogen) atoms. The zero-order valence-corrected chi connectivity index (χ0v) is 12.0. The number of halogens is 3. The number of hydrogen-bond acceptors (Lipinski definition) is 2. The molecule has 1 N–H and O–H groups in total. The molecule has 1 heterocycles. The molecule has 1 aliphatic heterocycles. The predicted molar refractivity (Wildman–Crippen MR) is 75.7 cm³/mol. The molecule has 0 aliphatic carbocycles. The first kappa shape index (κ1) is 16.3. The Labute approximate surface area is 123 Å². The van der Waals surface area contributed by atoms with E-state index >= 15 is 0 Å². The summed E-state index contributed by atoms with van der Waals surface area (Å²) in [5.74, 6) is 0.300. The maximum absolute atomic E-state index is 12.2. The maximum atomic E-state index is 12.2. The molecule has 0 aromatic heterocycles. The van der Waals surface area contributed by atoms with Crippen molar-refractivity contribution >= 4 is 0 Å². The molecule has 0 spiro atoms. The molecule has 2 nitrogen and oxygen atoms in total. The number of benzene rings is 1. The summed E-state index contributed by atoms with van der Waals surface area (Å²) in [7, 11) is 0. The van der Waals surface area contributed by atoms with Gasteiger partial charge in [0, 0.05) is 6.54 Å². The molecule has 0 amide bonds. The molecule has 2 rings (SSSR count). The first-order valence-corrected chi connectivity index (χ1v) is 7.46. The zero-order chi connectivity index (χ0) is 15.3. The maximum Gasteiger partial charge on any atom is 0.414 e. The van der Waals surface area contributed by atoms with Crippen molar-refractivity contribution in [1.82, 2.24) is 4.90 Å². The van der Waals surface area contributed by atoms with E-state index < -0.39 is 12.3 Å². The number of likely N-dealkylation sites (tertiary alicyclic amines) is 1. The van der Waals surface area contributed by atoms with Crippen LogP contribution in [0.25, 0.3) is 0 Å². The van der Waals surface area contributed by atoms with Gasteiger partial charge in [-0.3, -0.25) is 4.90 Å². The summed E-state index contributed by atoms with van der Waals surface area (Å²) in [6, 6.07) is 10.2. The van der Waals surface area contributed by atoms with Gasteiger partial charge >= 0.3 is 6.18 Å². The summed E-state index contributed by atoms with van der Waals surface area (Å²) in [4.78, 5) is 2.34. The Morgan fingerprint density at radius 1 is 1.14 bits per heavy atom. The molecule has 0 radical (unpaired) electrons. The van der Waals surface area contributed by atoms with E-state index in [2.05, 4.69) is 17.0 Å². The van der Waals surface area contributed by atoms with Crippen LogP contribution in [0.15, 0.2) is 30.3 Å². The first-order chi connectivity index (χ1) is 9.95. The van der Waals surface area contributed by atoms with E-state index in [9.17, 15) is 13.2 Å². The van der Waals surface area contributed by atoms with Crippen molar-refractivity contribution in [3.8, 4) is 0 Å². The second-order valence-corrected chi connectivity index (χ2v) is 5.84. The predicted octanol–water partition coefficient (Wildman–Crippen LogP) is 3.60. The zero-order valence-electron chi connectivity index (χ0n) is 12.0. The third kappa shape index (κ3) is 5.32. The van der Waals surface area contributed by atoms with E-state index in [1.165, 1.54) is 5.56 Å². The van der Waals surface area contributed by atoms with Crippen molar-refractivity contribution < 1.29 is 18.3 Å². The van der Waals surface area contributed by atoms with Gasteiger partial charge in [-0.2, -0.15) is 13.2 Å². The topological polar surface area (TPSA) is 23.5 Å². The minimum Gasteiger partial charge on any atom is -0.384 e. The average molecular weight is 301 g/mol. The van der Waals surface area contributed by atoms with Gasteiger partial charge in [-0.05, 0) is 50.3 Å². The lowest BCUT2D eigenvalue weighted by atomic mass is 9.91. The average Bonchev–Trinajstić information content (AvgIpc) is 2.46. The van der Waals surface area contributed by atoms with Crippen LogP contribution >= 0.6 is 0 Å². The largest absolute Gasteiger partial charge is 0.414 e. The van der Waals surface area contributed by atoms with Crippen LogP contribution in [0.5, 0.6) is 0 Å². The van der Waals surface area contributed by atoms with Crippen LogP contribution in [0.3, 0.4) is 0 Å². The van der Waals surface area contributed by atoms with Crippen LogP contribution in [0, 0.1) is 5.92 Å². The highest BCUT2D eigenvalue weighted by Gasteiger charge is 2.38. The quantitative estimate of drug-likeness (QED) is 0.898. The standard InChI is InChI=1S/C16H22F3NO/c17-16(18,19)15(21)7-6-13-8-10-20(11-9-13)12-14-4-2-1-3-5-14/h1-5,13,15,21H,6-12H2. The Kier molecular flexibility index (Phi) is 5.65. The third-order valence-electron chi connectivity index (χ3n) is 4.18. The van der Waals surface area contributed by atoms with Crippen LogP contribution in [0.2, 0.25) is 0 Å². The highest BCUT2D eigenvalue weighted by atomic mass is 19.4. The lowest BCUT2D eigenvalue weighted by Gasteiger charge is -2.32. The summed E-state index contributed by atoms with van der Waals surface area (Å²) < 4.78 is 36.7. The fraction of sp³-hybridized carbons (Fsp3) is 0.625. The number of rotatable bonds is 5. The molecular weight excluding hydrogens is 279 g/mol. The summed E-state index contributed by atoms with van der Waals surface area (Å²) in [6.45, 7) is 2.74. The molecule has 0 saturated carbocycles. The Morgan fingerprint density at radius 2 is 1.76 bits per heavy atom. The number of piperidine rings is 1. The molecule has 1 fully saturated rings. The summed E-state index contributed by atoms with van der Waals surface area (Å²) >= 11 is 0. The second kappa shape index (κ2) is 7.27. The summed E-state index contributed by atoms with van der Waals surface area (Å²) in [5, 5.41) is 9.03. The van der Waals surface area contributed by atoms with Gasteiger partial charge in [0.25, 0.3) is 0 Å². The van der Waals surface area contributed by atoms with Crippen molar-refractivity contribution in [1.29, 1.82) is 0 Å². The van der Waals surface area contributed by atoms with E-state index in [0.717, 1.165) is 32.5 Å². The summed E-state index contributed by atoms with van der Waals surface area (Å²) in [6.07, 6.45) is -4.53. The van der Waals surface area contributed by atoms with E-state index in [4.69, 9.17) is 5.11 Å². The fourth-order valence-electron chi connectivity index (χ4n) is 2.83. The lowest BCUT2D eigenvalue weighted by Crippen LogP contribution is -2.34. The molecular formula is C16H22F3NO. The number of nitrogens with zero attached hydrogens (tertiary/aromatic N) is 1. The summed E-state index contributed by atoms with van der Waals surface area (Å²) in [5.41, 5.74) is 1.27. The minimum atomic E-state index is -4.48. The van der Waals surface area contributed by atoms with E-state index in [1.807, 2.05) is 18.2 Å². The van der Waals surface area contributed by atoms with Crippen LogP contribution in [0.4, 0.5) is 13.2 Å². The highest BCUT2D eigenvalue weighted by Crippen LogP contribution is 2.28. The van der Waals surface area contributed by atoms with Gasteiger partial charge in [0.1, 0.15) is 6.10 Å². The van der Waals surface area contributed by atoms with E-state index in [-0.39, 0.29) is 6.42 Å². The van der Waals surface area contributed by atoms with Crippen molar-refractivity contribution in [3.05, 3.63) is 35.9 Å². The SMILES string of the molecule is OC(CCC1CCN(Cc2ccccc2)CC1)C(F)(F)F. The van der Waals surface area contributed by atoms with Gasteiger partial charge in [-0.1, -0.05) is 30.3 Å². The molecule has 1 atom stereocenters. The second-order valence-electron chi connectivity index (χ2n) is 5.84. The Hall–Kier alpha value is -1.07. The molecule has 1 unspecified atom stereocenters. The van der Waals surface area contributed by atoms with Crippen molar-refractivity contribution in [2.24, 2.45) is 5.92 Å². The number of hydrogen-bond donors (Lipinski definition) is 1. The molecule has 1 aromatic rings. The minimum absolute atomic E-state index is 0.174. The Morgan fingerprint density at radius 3 is 2.33 bits per heavy atom. The van der Waals surface area contributed by atoms with Gasteiger partial charge in [0.15, 0.2) is 0 Å². The van der Waals surface area contributed by atoms with Gasteiger partial charge in [-0.25, -0.2) is 0 Å². The third-order valence-corrected chi connectivity index (χ3v) is 4.18. The molecule has 118 valence electrons. The molecule has 0 bridgehead atoms. The smallest absolute Gasteiger partial charge is 0.384 e. The molecule has 5 heteroatoms. The normalized spacial score (nSPS) is 19.6. The highest BCUT2D eigenvalue weighted by molar-refractivity contribution is 5.14. The van der Waals surface area contributed by atoms with Crippen LogP contribution in [-0.4, -0.2) is 35.4 Å². The van der Waals surface area contributed by atoms with Crippen molar-refractivity contribution in [3.63, 3.8) is 0 Å². The first-order valence-electron chi connectivity index (χ1n) is 7.46. The molecule has 1 saturated heterocycles. The monoisotopic (exact) mass is 301 g/mol. The van der Waals surface area contributed by atoms with Gasteiger partial charge in [0.2, 0.25) is 0 Å². The number of aliphatic hydroxyl groups excluding tert-OH is 1. The number of aliphatic hydroxyl groups is 1. The van der Waals surface area contributed by atoms with Gasteiger partial charge in [-0.15, -0.1) is 0 Å². The Bertz CT molecular complexity index is 413. The van der Waals surface area contributed by atoms with E-state index in [1.54, 1.807) is 0 Å². The van der Waals surface area contributed by atoms with Crippen molar-refractivity contribution in [2.75, 3.05) is 13.1 Å². The Balaban J connectivity index is 1.69. The fourth-order valence-corrected chi connectivity index (χ4v) is 2.83. The number of alkyl halides is 3. The van der Waals surface area contributed by atoms with Crippen LogP contribution in [0.1, 0.15) is 31.2 Å². The van der Waals surface area contributed by atoms with Crippen LogP contribution < -0.4 is 0 Å². The van der Waals surface area contributed by atoms with Crippen LogP contribution in [-0.2, 0) is 6.54 Å². The van der Waals surface area contributed by atoms with E-state index in [0.29, 0.717) is 12.3 Å². The molecule has 1 aliphatic rings. The van der Waals surface area contributed by atoms with Gasteiger partial charge in [0.05, 0.1) is 0 Å².